The van der Waals surface area contributed by atoms with E-state index < -0.39 is 5.97 Å². The van der Waals surface area contributed by atoms with Gasteiger partial charge in [-0.2, -0.15) is 0 Å². The predicted molar refractivity (Wildman–Crippen MR) is 80.7 cm³/mol. The Morgan fingerprint density at radius 3 is 2.90 bits per heavy atom. The SMILES string of the molecule is O=C(O)c1csc(CNC(=O)C2Cc3ccccc3S2)n1. The third kappa shape index (κ3) is 3.08. The smallest absolute Gasteiger partial charge is 0.355 e. The van der Waals surface area contributed by atoms with E-state index in [2.05, 4.69) is 10.3 Å². The summed E-state index contributed by atoms with van der Waals surface area (Å²) in [6.45, 7) is 0.268. The van der Waals surface area contributed by atoms with E-state index >= 15 is 0 Å². The monoisotopic (exact) mass is 320 g/mol. The maximum Gasteiger partial charge on any atom is 0.355 e. The minimum Gasteiger partial charge on any atom is -0.476 e. The van der Waals surface area contributed by atoms with Crippen molar-refractivity contribution in [2.75, 3.05) is 0 Å². The molecule has 0 radical (unpaired) electrons. The quantitative estimate of drug-likeness (QED) is 0.902. The zero-order valence-corrected chi connectivity index (χ0v) is 12.5. The minimum atomic E-state index is -1.05. The first-order valence-electron chi connectivity index (χ1n) is 6.33. The molecule has 7 heteroatoms. The number of carbonyl (C=O) groups is 2. The van der Waals surface area contributed by atoms with Crippen LogP contribution in [-0.2, 0) is 17.8 Å². The summed E-state index contributed by atoms with van der Waals surface area (Å²) in [6, 6.07) is 8.00. The molecule has 1 aliphatic rings. The Bertz CT molecular complexity index is 674. The molecule has 5 nitrogen and oxygen atoms in total. The van der Waals surface area contributed by atoms with Crippen LogP contribution in [0.25, 0.3) is 0 Å². The van der Waals surface area contributed by atoms with E-state index in [1.165, 1.54) is 22.3 Å². The number of rotatable bonds is 4. The highest BCUT2D eigenvalue weighted by Crippen LogP contribution is 2.36. The van der Waals surface area contributed by atoms with Crippen molar-refractivity contribution in [1.82, 2.24) is 10.3 Å². The van der Waals surface area contributed by atoms with Crippen LogP contribution in [0.15, 0.2) is 34.5 Å². The molecule has 1 amide bonds. The summed E-state index contributed by atoms with van der Waals surface area (Å²) in [7, 11) is 0. The van der Waals surface area contributed by atoms with E-state index in [0.29, 0.717) is 5.01 Å². The maximum atomic E-state index is 12.2. The van der Waals surface area contributed by atoms with Crippen LogP contribution in [0.4, 0.5) is 0 Å². The zero-order chi connectivity index (χ0) is 14.8. The molecule has 0 spiro atoms. The van der Waals surface area contributed by atoms with E-state index in [4.69, 9.17) is 5.11 Å². The number of hydrogen-bond acceptors (Lipinski definition) is 5. The van der Waals surface area contributed by atoms with E-state index in [0.717, 1.165) is 11.3 Å². The van der Waals surface area contributed by atoms with Crippen molar-refractivity contribution in [2.24, 2.45) is 0 Å². The van der Waals surface area contributed by atoms with E-state index in [9.17, 15) is 9.59 Å². The summed E-state index contributed by atoms with van der Waals surface area (Å²) in [5.41, 5.74) is 1.22. The van der Waals surface area contributed by atoms with Gasteiger partial charge in [0.15, 0.2) is 5.69 Å². The molecule has 0 bridgehead atoms. The molecule has 1 unspecified atom stereocenters. The maximum absolute atomic E-state index is 12.2. The number of fused-ring (bicyclic) bond motifs is 1. The first-order valence-corrected chi connectivity index (χ1v) is 8.09. The standard InChI is InChI=1S/C14H12N2O3S2/c17-13(11-5-8-3-1-2-4-10(8)21-11)15-6-12-16-9(7-20-12)14(18)19/h1-4,7,11H,5-6H2,(H,15,17)(H,18,19). The van der Waals surface area contributed by atoms with Crippen LogP contribution in [0.1, 0.15) is 21.1 Å². The van der Waals surface area contributed by atoms with Crippen LogP contribution >= 0.6 is 23.1 Å². The number of thiazole rings is 1. The topological polar surface area (TPSA) is 79.3 Å². The first kappa shape index (κ1) is 14.1. The molecule has 0 aliphatic carbocycles. The number of aromatic carboxylic acids is 1. The van der Waals surface area contributed by atoms with Crippen molar-refractivity contribution in [3.8, 4) is 0 Å². The number of amides is 1. The third-order valence-corrected chi connectivity index (χ3v) is 5.29. The Balaban J connectivity index is 1.57. The molecular weight excluding hydrogens is 308 g/mol. The van der Waals surface area contributed by atoms with Gasteiger partial charge in [0.1, 0.15) is 5.01 Å². The summed E-state index contributed by atoms with van der Waals surface area (Å²) in [5.74, 6) is -1.09. The van der Waals surface area contributed by atoms with E-state index in [1.54, 1.807) is 11.8 Å². The van der Waals surface area contributed by atoms with Crippen molar-refractivity contribution >= 4 is 35.0 Å². The van der Waals surface area contributed by atoms with Crippen LogP contribution in [0.5, 0.6) is 0 Å². The Morgan fingerprint density at radius 1 is 1.38 bits per heavy atom. The minimum absolute atomic E-state index is 0.0203. The summed E-state index contributed by atoms with van der Waals surface area (Å²) < 4.78 is 0. The van der Waals surface area contributed by atoms with Crippen LogP contribution in [0, 0.1) is 0 Å². The second kappa shape index (κ2) is 5.87. The third-order valence-electron chi connectivity index (χ3n) is 3.12. The van der Waals surface area contributed by atoms with Gasteiger partial charge in [-0.25, -0.2) is 9.78 Å². The van der Waals surface area contributed by atoms with Gasteiger partial charge in [-0.05, 0) is 18.1 Å². The average Bonchev–Trinajstić information content (AvgIpc) is 3.11. The normalized spacial score (nSPS) is 16.5. The molecule has 2 aromatic rings. The van der Waals surface area contributed by atoms with Crippen molar-refractivity contribution in [3.05, 3.63) is 45.9 Å². The molecule has 0 saturated carbocycles. The molecule has 1 atom stereocenters. The van der Waals surface area contributed by atoms with Gasteiger partial charge in [-0.3, -0.25) is 4.79 Å². The largest absolute Gasteiger partial charge is 0.476 e. The molecule has 0 fully saturated rings. The van der Waals surface area contributed by atoms with Crippen molar-refractivity contribution in [2.45, 2.75) is 23.1 Å². The van der Waals surface area contributed by atoms with Gasteiger partial charge >= 0.3 is 5.97 Å². The summed E-state index contributed by atoms with van der Waals surface area (Å²) in [4.78, 5) is 28.0. The van der Waals surface area contributed by atoms with Crippen LogP contribution < -0.4 is 5.32 Å². The number of thioether (sulfide) groups is 1. The molecule has 0 saturated heterocycles. The molecule has 108 valence electrons. The summed E-state index contributed by atoms with van der Waals surface area (Å²) in [5, 5.41) is 13.6. The fourth-order valence-corrected chi connectivity index (χ4v) is 4.02. The fraction of sp³-hybridized carbons (Fsp3) is 0.214. The molecule has 1 aliphatic heterocycles. The highest BCUT2D eigenvalue weighted by Gasteiger charge is 2.27. The number of benzene rings is 1. The number of carboxylic acid groups (broad SMARTS) is 1. The van der Waals surface area contributed by atoms with Crippen molar-refractivity contribution in [3.63, 3.8) is 0 Å². The van der Waals surface area contributed by atoms with Crippen LogP contribution in [0.2, 0.25) is 0 Å². The molecule has 1 aromatic heterocycles. The number of carbonyl (C=O) groups excluding carboxylic acids is 1. The lowest BCUT2D eigenvalue weighted by molar-refractivity contribution is -0.120. The number of nitrogens with one attached hydrogen (secondary N) is 1. The zero-order valence-electron chi connectivity index (χ0n) is 10.9. The Morgan fingerprint density at radius 2 is 2.19 bits per heavy atom. The second-order valence-electron chi connectivity index (χ2n) is 4.57. The molecule has 2 heterocycles. The van der Waals surface area contributed by atoms with Gasteiger partial charge in [0.05, 0.1) is 11.8 Å². The van der Waals surface area contributed by atoms with E-state index in [-0.39, 0.29) is 23.4 Å². The molecule has 21 heavy (non-hydrogen) atoms. The summed E-state index contributed by atoms with van der Waals surface area (Å²) >= 11 is 2.80. The van der Waals surface area contributed by atoms with Gasteiger partial charge in [0.2, 0.25) is 5.91 Å². The molecule has 3 rings (SSSR count). The molecule has 2 N–H and O–H groups in total. The predicted octanol–water partition coefficient (Wildman–Crippen LogP) is 2.17. The first-order chi connectivity index (χ1) is 10.1. The number of aromatic nitrogens is 1. The second-order valence-corrected chi connectivity index (χ2v) is 6.75. The Hall–Kier alpha value is -1.86. The fourth-order valence-electron chi connectivity index (χ4n) is 2.10. The molecule has 1 aromatic carbocycles. The highest BCUT2D eigenvalue weighted by molar-refractivity contribution is 8.01. The Kier molecular flexibility index (Phi) is 3.94. The van der Waals surface area contributed by atoms with Crippen LogP contribution in [0.3, 0.4) is 0 Å². The van der Waals surface area contributed by atoms with Crippen molar-refractivity contribution < 1.29 is 14.7 Å². The lowest BCUT2D eigenvalue weighted by atomic mass is 10.1. The van der Waals surface area contributed by atoms with Gasteiger partial charge in [-0.15, -0.1) is 23.1 Å². The lowest BCUT2D eigenvalue weighted by Gasteiger charge is -2.08. The number of hydrogen-bond donors (Lipinski definition) is 2. The highest BCUT2D eigenvalue weighted by atomic mass is 32.2. The number of nitrogens with zero attached hydrogens (tertiary/aromatic N) is 1. The summed E-state index contributed by atoms with van der Waals surface area (Å²) in [6.07, 6.45) is 0.727. The van der Waals surface area contributed by atoms with E-state index in [1.807, 2.05) is 24.3 Å². The van der Waals surface area contributed by atoms with Gasteiger partial charge in [0, 0.05) is 10.3 Å². The Labute approximate surface area is 129 Å². The van der Waals surface area contributed by atoms with Crippen LogP contribution in [-0.4, -0.2) is 27.2 Å². The number of carboxylic acids is 1. The average molecular weight is 320 g/mol. The van der Waals surface area contributed by atoms with Gasteiger partial charge in [-0.1, -0.05) is 18.2 Å². The molecular formula is C14H12N2O3S2. The van der Waals surface area contributed by atoms with Crippen molar-refractivity contribution in [1.29, 1.82) is 0 Å². The van der Waals surface area contributed by atoms with Gasteiger partial charge in [0.25, 0.3) is 0 Å². The lowest BCUT2D eigenvalue weighted by Crippen LogP contribution is -2.31. The van der Waals surface area contributed by atoms with Gasteiger partial charge < -0.3 is 10.4 Å².